The number of carbonyl (C=O) groups excluding carboxylic acids is 1. The number of nitriles is 1. The minimum atomic E-state index is -0.0414. The number of morpholine rings is 1. The number of fused-ring (bicyclic) bond motifs is 1. The topological polar surface area (TPSA) is 92.2 Å². The fourth-order valence-electron chi connectivity index (χ4n) is 3.37. The maximum atomic E-state index is 13.2. The second-order valence-corrected chi connectivity index (χ2v) is 6.70. The van der Waals surface area contributed by atoms with Gasteiger partial charge in [-0.2, -0.15) is 5.26 Å². The molecule has 2 heterocycles. The molecule has 1 saturated heterocycles. The van der Waals surface area contributed by atoms with Crippen LogP contribution >= 0.6 is 0 Å². The van der Waals surface area contributed by atoms with Crippen LogP contribution in [-0.2, 0) is 11.3 Å². The van der Waals surface area contributed by atoms with E-state index in [-0.39, 0.29) is 5.91 Å². The minimum absolute atomic E-state index is 0.0414. The van der Waals surface area contributed by atoms with Crippen LogP contribution in [0.5, 0.6) is 0 Å². The van der Waals surface area contributed by atoms with Crippen LogP contribution in [0, 0.1) is 11.3 Å². The number of hydrogen-bond acceptors (Lipinski definition) is 5. The molecule has 0 atom stereocenters. The van der Waals surface area contributed by atoms with E-state index >= 15 is 0 Å². The summed E-state index contributed by atoms with van der Waals surface area (Å²) in [6.07, 6.45) is 0. The zero-order valence-electron chi connectivity index (χ0n) is 15.4. The molecule has 0 bridgehead atoms. The number of benzene rings is 2. The first-order valence-electron chi connectivity index (χ1n) is 9.21. The van der Waals surface area contributed by atoms with Gasteiger partial charge in [0.2, 0.25) is 0 Å². The van der Waals surface area contributed by atoms with Crippen molar-refractivity contribution in [3.8, 4) is 17.3 Å². The van der Waals surface area contributed by atoms with Crippen molar-refractivity contribution in [3.63, 3.8) is 0 Å². The zero-order valence-corrected chi connectivity index (χ0v) is 15.4. The Morgan fingerprint density at radius 3 is 2.57 bits per heavy atom. The van der Waals surface area contributed by atoms with Gasteiger partial charge in [-0.25, -0.2) is 4.98 Å². The molecule has 3 aromatic rings. The summed E-state index contributed by atoms with van der Waals surface area (Å²) < 4.78 is 5.37. The monoisotopic (exact) mass is 372 g/mol. The van der Waals surface area contributed by atoms with E-state index in [1.165, 1.54) is 0 Å². The molecule has 1 aromatic heterocycles. The highest BCUT2D eigenvalue weighted by atomic mass is 16.5. The van der Waals surface area contributed by atoms with E-state index in [4.69, 9.17) is 15.5 Å². The van der Waals surface area contributed by atoms with Crippen LogP contribution in [-0.4, -0.2) is 42.1 Å². The number of amides is 1. The van der Waals surface area contributed by atoms with Gasteiger partial charge in [0.15, 0.2) is 0 Å². The lowest BCUT2D eigenvalue weighted by Gasteiger charge is -2.27. The number of carbonyl (C=O) groups is 1. The highest BCUT2D eigenvalue weighted by Crippen LogP contribution is 2.27. The average molecular weight is 372 g/mol. The summed E-state index contributed by atoms with van der Waals surface area (Å²) in [6, 6.07) is 17.0. The maximum Gasteiger partial charge on any atom is 0.254 e. The third kappa shape index (κ3) is 3.46. The molecule has 140 valence electrons. The van der Waals surface area contributed by atoms with Crippen molar-refractivity contribution in [2.45, 2.75) is 6.54 Å². The Bertz CT molecular complexity index is 1060. The largest absolute Gasteiger partial charge is 0.378 e. The molecule has 0 radical (unpaired) electrons. The minimum Gasteiger partial charge on any atom is -0.378 e. The van der Waals surface area contributed by atoms with E-state index in [0.29, 0.717) is 55.2 Å². The molecule has 6 nitrogen and oxygen atoms in total. The second-order valence-electron chi connectivity index (χ2n) is 6.70. The molecule has 1 fully saturated rings. The molecule has 0 spiro atoms. The van der Waals surface area contributed by atoms with E-state index < -0.39 is 0 Å². The van der Waals surface area contributed by atoms with Crippen LogP contribution in [0.15, 0.2) is 48.5 Å². The van der Waals surface area contributed by atoms with Gasteiger partial charge < -0.3 is 15.4 Å². The third-order valence-corrected chi connectivity index (χ3v) is 4.95. The van der Waals surface area contributed by atoms with Crippen LogP contribution in [0.1, 0.15) is 21.5 Å². The molecule has 2 aromatic carbocycles. The Hall–Kier alpha value is -3.27. The molecule has 0 aliphatic carbocycles. The molecule has 0 unspecified atom stereocenters. The molecule has 6 heteroatoms. The number of rotatable bonds is 3. The molecule has 28 heavy (non-hydrogen) atoms. The van der Waals surface area contributed by atoms with Crippen LogP contribution in [0.2, 0.25) is 0 Å². The van der Waals surface area contributed by atoms with Crippen molar-refractivity contribution in [3.05, 3.63) is 65.2 Å². The van der Waals surface area contributed by atoms with E-state index in [9.17, 15) is 10.1 Å². The lowest BCUT2D eigenvalue weighted by Crippen LogP contribution is -2.40. The van der Waals surface area contributed by atoms with Crippen molar-refractivity contribution in [1.29, 1.82) is 5.26 Å². The molecule has 1 aliphatic heterocycles. The Morgan fingerprint density at radius 1 is 1.14 bits per heavy atom. The first-order chi connectivity index (χ1) is 13.7. The van der Waals surface area contributed by atoms with Gasteiger partial charge in [-0.1, -0.05) is 30.3 Å². The molecule has 1 aliphatic rings. The Kier molecular flexibility index (Phi) is 5.02. The first-order valence-corrected chi connectivity index (χ1v) is 9.21. The number of hydrogen-bond donors (Lipinski definition) is 1. The van der Waals surface area contributed by atoms with Crippen molar-refractivity contribution in [2.75, 3.05) is 26.3 Å². The number of aromatic nitrogens is 1. The van der Waals surface area contributed by atoms with Crippen molar-refractivity contribution in [2.24, 2.45) is 5.73 Å². The van der Waals surface area contributed by atoms with Crippen molar-refractivity contribution < 1.29 is 9.53 Å². The predicted molar refractivity (Wildman–Crippen MR) is 107 cm³/mol. The van der Waals surface area contributed by atoms with Crippen LogP contribution in [0.3, 0.4) is 0 Å². The van der Waals surface area contributed by atoms with E-state index in [1.54, 1.807) is 23.1 Å². The van der Waals surface area contributed by atoms with Gasteiger partial charge in [-0.05, 0) is 23.8 Å². The summed E-state index contributed by atoms with van der Waals surface area (Å²) in [5, 5.41) is 9.99. The fourth-order valence-corrected chi connectivity index (χ4v) is 3.37. The lowest BCUT2D eigenvalue weighted by atomic mass is 10.0. The highest BCUT2D eigenvalue weighted by molar-refractivity contribution is 6.07. The standard InChI is InChI=1S/C22H20N4O2/c23-13-15-1-4-17(5-2-15)20-12-19(22(27)26-7-9-28-10-8-26)18-6-3-16(14-24)11-21(18)25-20/h1-6,11-12H,7-10,13,23H2. The zero-order chi connectivity index (χ0) is 19.5. The second kappa shape index (κ2) is 7.77. The summed E-state index contributed by atoms with van der Waals surface area (Å²) in [6.45, 7) is 2.69. The van der Waals surface area contributed by atoms with E-state index in [2.05, 4.69) is 6.07 Å². The van der Waals surface area contributed by atoms with Gasteiger partial charge in [0.25, 0.3) is 5.91 Å². The Balaban J connectivity index is 1.86. The van der Waals surface area contributed by atoms with Gasteiger partial charge in [-0.15, -0.1) is 0 Å². The van der Waals surface area contributed by atoms with Crippen LogP contribution in [0.4, 0.5) is 0 Å². The Labute approximate surface area is 163 Å². The average Bonchev–Trinajstić information content (AvgIpc) is 2.78. The van der Waals surface area contributed by atoms with Gasteiger partial charge in [0.05, 0.1) is 41.6 Å². The summed E-state index contributed by atoms with van der Waals surface area (Å²) in [5.74, 6) is -0.0414. The molecule has 4 rings (SSSR count). The predicted octanol–water partition coefficient (Wildman–Crippen LogP) is 2.70. The van der Waals surface area contributed by atoms with E-state index in [1.807, 2.05) is 30.3 Å². The summed E-state index contributed by atoms with van der Waals surface area (Å²) >= 11 is 0. The van der Waals surface area contributed by atoms with Crippen molar-refractivity contribution >= 4 is 16.8 Å². The van der Waals surface area contributed by atoms with Crippen LogP contribution < -0.4 is 5.73 Å². The summed E-state index contributed by atoms with van der Waals surface area (Å²) in [7, 11) is 0. The fraction of sp³-hybridized carbons (Fsp3) is 0.227. The number of nitrogens with zero attached hydrogens (tertiary/aromatic N) is 3. The van der Waals surface area contributed by atoms with Gasteiger partial charge in [0, 0.05) is 30.6 Å². The van der Waals surface area contributed by atoms with Crippen molar-refractivity contribution in [1.82, 2.24) is 9.88 Å². The summed E-state index contributed by atoms with van der Waals surface area (Å²) in [5.41, 5.74) is 10.1. The molecule has 1 amide bonds. The lowest BCUT2D eigenvalue weighted by molar-refractivity contribution is 0.0304. The number of ether oxygens (including phenoxy) is 1. The maximum absolute atomic E-state index is 13.2. The first kappa shape index (κ1) is 18.1. The molecule has 2 N–H and O–H groups in total. The normalized spacial score (nSPS) is 14.1. The van der Waals surface area contributed by atoms with Gasteiger partial charge in [0.1, 0.15) is 0 Å². The molecular weight excluding hydrogens is 352 g/mol. The quantitative estimate of drug-likeness (QED) is 0.763. The smallest absolute Gasteiger partial charge is 0.254 e. The number of pyridine rings is 1. The summed E-state index contributed by atoms with van der Waals surface area (Å²) in [4.78, 5) is 19.7. The Morgan fingerprint density at radius 2 is 1.89 bits per heavy atom. The van der Waals surface area contributed by atoms with Crippen LogP contribution in [0.25, 0.3) is 22.2 Å². The molecule has 0 saturated carbocycles. The van der Waals surface area contributed by atoms with Gasteiger partial charge >= 0.3 is 0 Å². The molecular formula is C22H20N4O2. The SMILES string of the molecule is N#Cc1ccc2c(C(=O)N3CCOCC3)cc(-c3ccc(CN)cc3)nc2c1. The third-order valence-electron chi connectivity index (χ3n) is 4.95. The highest BCUT2D eigenvalue weighted by Gasteiger charge is 2.22. The van der Waals surface area contributed by atoms with Gasteiger partial charge in [-0.3, -0.25) is 4.79 Å². The number of nitrogens with two attached hydrogens (primary N) is 1. The van der Waals surface area contributed by atoms with E-state index in [0.717, 1.165) is 16.5 Å².